The van der Waals surface area contributed by atoms with E-state index in [2.05, 4.69) is 38.5 Å². The number of amides is 3. The Hall–Kier alpha value is -2.68. The fourth-order valence-corrected chi connectivity index (χ4v) is 3.10. The molecule has 1 heterocycles. The van der Waals surface area contributed by atoms with Gasteiger partial charge in [0.1, 0.15) is 18.1 Å². The number of aromatic amines is 1. The summed E-state index contributed by atoms with van der Waals surface area (Å²) in [6, 6.07) is -4.80. The van der Waals surface area contributed by atoms with E-state index < -0.39 is 54.0 Å². The maximum atomic E-state index is 12.9. The Morgan fingerprint density at radius 3 is 2.30 bits per heavy atom. The molecule has 3 amide bonds. The zero-order valence-corrected chi connectivity index (χ0v) is 19.3. The van der Waals surface area contributed by atoms with Crippen molar-refractivity contribution < 1.29 is 29.4 Å². The molecule has 0 aliphatic heterocycles. The van der Waals surface area contributed by atoms with Crippen molar-refractivity contribution in [1.82, 2.24) is 25.9 Å². The van der Waals surface area contributed by atoms with Gasteiger partial charge < -0.3 is 42.6 Å². The molecule has 1 rings (SSSR count). The zero-order valence-electron chi connectivity index (χ0n) is 18.4. The number of carboxylic acid groups (broad SMARTS) is 1. The molecule has 0 aliphatic carbocycles. The number of imidazole rings is 1. The monoisotopic (exact) mass is 487 g/mol. The summed E-state index contributed by atoms with van der Waals surface area (Å²) in [5, 5.41) is 26.4. The van der Waals surface area contributed by atoms with Gasteiger partial charge in [0.15, 0.2) is 0 Å². The number of nitrogens with zero attached hydrogens (tertiary/aromatic N) is 1. The second-order valence-electron chi connectivity index (χ2n) is 7.54. The Morgan fingerprint density at radius 2 is 1.79 bits per heavy atom. The molecule has 0 radical (unpaired) electrons. The largest absolute Gasteiger partial charge is 0.480 e. The number of H-pyrrole nitrogens is 1. The van der Waals surface area contributed by atoms with Crippen LogP contribution in [0.4, 0.5) is 0 Å². The molecule has 1 aromatic rings. The van der Waals surface area contributed by atoms with E-state index in [4.69, 9.17) is 16.6 Å². The van der Waals surface area contributed by atoms with Crippen LogP contribution in [0.1, 0.15) is 31.9 Å². The molecule has 0 saturated carbocycles. The zero-order chi connectivity index (χ0) is 25.0. The number of nitrogens with one attached hydrogen (secondary N) is 4. The van der Waals surface area contributed by atoms with Crippen molar-refractivity contribution in [3.63, 3.8) is 0 Å². The Morgan fingerprint density at radius 1 is 1.12 bits per heavy atom. The molecule has 5 atom stereocenters. The van der Waals surface area contributed by atoms with Gasteiger partial charge in [-0.05, 0) is 26.3 Å². The highest BCUT2D eigenvalue weighted by molar-refractivity contribution is 7.80. The van der Waals surface area contributed by atoms with Crippen molar-refractivity contribution in [2.45, 2.75) is 62.9 Å². The third-order valence-electron chi connectivity index (χ3n) is 4.78. The van der Waals surface area contributed by atoms with E-state index in [0.717, 1.165) is 0 Å². The van der Waals surface area contributed by atoms with Crippen LogP contribution in [-0.4, -0.2) is 86.4 Å². The molecular formula is C19H33N7O6S. The van der Waals surface area contributed by atoms with Crippen molar-refractivity contribution in [3.05, 3.63) is 18.2 Å². The number of unbranched alkanes of at least 4 members (excludes halogenated alkanes) is 1. The fraction of sp³-hybridized carbons (Fsp3) is 0.632. The molecule has 0 fully saturated rings. The van der Waals surface area contributed by atoms with Gasteiger partial charge in [0.25, 0.3) is 0 Å². The molecule has 0 bridgehead atoms. The van der Waals surface area contributed by atoms with E-state index in [0.29, 0.717) is 31.5 Å². The molecule has 10 N–H and O–H groups in total. The number of hydrogen-bond acceptors (Lipinski definition) is 9. The number of carbonyl (C=O) groups is 4. The maximum Gasteiger partial charge on any atom is 0.327 e. The summed E-state index contributed by atoms with van der Waals surface area (Å²) in [5.74, 6) is -3.72. The van der Waals surface area contributed by atoms with Crippen molar-refractivity contribution in [3.8, 4) is 0 Å². The molecule has 14 heteroatoms. The van der Waals surface area contributed by atoms with Crippen LogP contribution in [0.15, 0.2) is 12.5 Å². The lowest BCUT2D eigenvalue weighted by Gasteiger charge is -2.26. The first-order valence-corrected chi connectivity index (χ1v) is 11.1. The standard InChI is InChI=1S/C19H33N7O6S/c1-10(27)15(26-16(28)12(21)4-2-3-5-20)18(30)24-13(6-11-7-22-9-23-11)17(29)25-14(8-33)19(31)32/h7,9-10,12-15,27,33H,2-6,8,20-21H2,1H3,(H,22,23)(H,24,30)(H,25,29)(H,26,28)(H,31,32). The topological polar surface area (TPSA) is 226 Å². The fourth-order valence-electron chi connectivity index (χ4n) is 2.85. The number of aliphatic hydroxyl groups is 1. The van der Waals surface area contributed by atoms with Crippen LogP contribution in [0, 0.1) is 0 Å². The highest BCUT2D eigenvalue weighted by atomic mass is 32.1. The summed E-state index contributed by atoms with van der Waals surface area (Å²) in [5.41, 5.74) is 11.8. The molecule has 13 nitrogen and oxygen atoms in total. The van der Waals surface area contributed by atoms with Gasteiger partial charge >= 0.3 is 5.97 Å². The number of carbonyl (C=O) groups excluding carboxylic acids is 3. The quantitative estimate of drug-likeness (QED) is 0.0922. The minimum Gasteiger partial charge on any atom is -0.480 e. The first-order chi connectivity index (χ1) is 15.6. The van der Waals surface area contributed by atoms with Gasteiger partial charge in [-0.2, -0.15) is 12.6 Å². The van der Waals surface area contributed by atoms with Gasteiger partial charge in [-0.1, -0.05) is 6.42 Å². The van der Waals surface area contributed by atoms with E-state index in [-0.39, 0.29) is 12.2 Å². The first kappa shape index (κ1) is 28.4. The van der Waals surface area contributed by atoms with Gasteiger partial charge in [-0.25, -0.2) is 9.78 Å². The Bertz CT molecular complexity index is 777. The maximum absolute atomic E-state index is 12.9. The minimum absolute atomic E-state index is 0.0461. The Kier molecular flexibility index (Phi) is 12.4. The number of hydrogen-bond donors (Lipinski definition) is 9. The average molecular weight is 488 g/mol. The number of aliphatic hydroxyl groups excluding tert-OH is 1. The summed E-state index contributed by atoms with van der Waals surface area (Å²) in [6.45, 7) is 1.76. The average Bonchev–Trinajstić information content (AvgIpc) is 3.27. The number of aromatic nitrogens is 2. The molecule has 1 aromatic heterocycles. The summed E-state index contributed by atoms with van der Waals surface area (Å²) in [6.07, 6.45) is 3.13. The lowest BCUT2D eigenvalue weighted by Crippen LogP contribution is -2.60. The Labute approximate surface area is 196 Å². The highest BCUT2D eigenvalue weighted by Crippen LogP contribution is 2.04. The second-order valence-corrected chi connectivity index (χ2v) is 7.91. The smallest absolute Gasteiger partial charge is 0.327 e. The van der Waals surface area contributed by atoms with E-state index in [9.17, 15) is 24.3 Å². The first-order valence-electron chi connectivity index (χ1n) is 10.5. The van der Waals surface area contributed by atoms with Gasteiger partial charge in [0.05, 0.1) is 18.5 Å². The van der Waals surface area contributed by atoms with E-state index >= 15 is 0 Å². The van der Waals surface area contributed by atoms with Crippen molar-refractivity contribution in [2.75, 3.05) is 12.3 Å². The van der Waals surface area contributed by atoms with Gasteiger partial charge in [-0.3, -0.25) is 14.4 Å². The van der Waals surface area contributed by atoms with E-state index in [1.165, 1.54) is 19.4 Å². The van der Waals surface area contributed by atoms with Crippen LogP contribution < -0.4 is 27.4 Å². The van der Waals surface area contributed by atoms with Crippen LogP contribution in [-0.2, 0) is 25.6 Å². The summed E-state index contributed by atoms with van der Waals surface area (Å²) in [7, 11) is 0. The molecular weight excluding hydrogens is 454 g/mol. The summed E-state index contributed by atoms with van der Waals surface area (Å²) < 4.78 is 0. The van der Waals surface area contributed by atoms with Crippen molar-refractivity contribution in [2.24, 2.45) is 11.5 Å². The van der Waals surface area contributed by atoms with Crippen LogP contribution in [0.3, 0.4) is 0 Å². The van der Waals surface area contributed by atoms with E-state index in [1.807, 2.05) is 0 Å². The van der Waals surface area contributed by atoms with Crippen molar-refractivity contribution in [1.29, 1.82) is 0 Å². The number of nitrogens with two attached hydrogens (primary N) is 2. The van der Waals surface area contributed by atoms with E-state index in [1.54, 1.807) is 0 Å². The van der Waals surface area contributed by atoms with Crippen molar-refractivity contribution >= 4 is 36.3 Å². The molecule has 0 saturated heterocycles. The van der Waals surface area contributed by atoms with Gasteiger partial charge in [0.2, 0.25) is 17.7 Å². The van der Waals surface area contributed by atoms with Crippen LogP contribution in [0.5, 0.6) is 0 Å². The van der Waals surface area contributed by atoms with Gasteiger partial charge in [0, 0.05) is 24.1 Å². The predicted molar refractivity (Wildman–Crippen MR) is 122 cm³/mol. The molecule has 5 unspecified atom stereocenters. The highest BCUT2D eigenvalue weighted by Gasteiger charge is 2.32. The lowest BCUT2D eigenvalue weighted by atomic mass is 10.1. The molecule has 33 heavy (non-hydrogen) atoms. The summed E-state index contributed by atoms with van der Waals surface area (Å²) in [4.78, 5) is 55.8. The molecule has 0 aromatic carbocycles. The summed E-state index contributed by atoms with van der Waals surface area (Å²) >= 11 is 3.91. The Balaban J connectivity index is 2.93. The third kappa shape index (κ3) is 9.77. The lowest BCUT2D eigenvalue weighted by molar-refractivity contribution is -0.141. The second kappa shape index (κ2) is 14.5. The number of rotatable bonds is 15. The predicted octanol–water partition coefficient (Wildman–Crippen LogP) is -2.74. The van der Waals surface area contributed by atoms with Crippen LogP contribution in [0.2, 0.25) is 0 Å². The minimum atomic E-state index is -1.39. The van der Waals surface area contributed by atoms with Gasteiger partial charge in [-0.15, -0.1) is 0 Å². The number of thiol groups is 1. The van der Waals surface area contributed by atoms with Crippen LogP contribution >= 0.6 is 12.6 Å². The molecule has 0 spiro atoms. The van der Waals surface area contributed by atoms with Crippen LogP contribution in [0.25, 0.3) is 0 Å². The molecule has 0 aliphatic rings. The SMILES string of the molecule is CC(O)C(NC(=O)C(N)CCCCN)C(=O)NC(Cc1cnc[nH]1)C(=O)NC(CS)C(=O)O. The third-order valence-corrected chi connectivity index (χ3v) is 5.14. The normalized spacial score (nSPS) is 15.5. The number of aliphatic carboxylic acids is 1. The molecule has 186 valence electrons. The number of carboxylic acids is 1.